The summed E-state index contributed by atoms with van der Waals surface area (Å²) in [5.41, 5.74) is -0.685. The first-order valence-corrected chi connectivity index (χ1v) is 8.04. The summed E-state index contributed by atoms with van der Waals surface area (Å²) in [5.74, 6) is -37.9. The zero-order valence-electron chi connectivity index (χ0n) is 15.1. The number of alkyl halides is 13. The number of halogens is 13. The van der Waals surface area contributed by atoms with Gasteiger partial charge in [-0.3, -0.25) is 0 Å². The summed E-state index contributed by atoms with van der Waals surface area (Å²) in [7, 11) is 0. The predicted molar refractivity (Wildman–Crippen MR) is 78.0 cm³/mol. The van der Waals surface area contributed by atoms with Gasteiger partial charge in [0.25, 0.3) is 0 Å². The summed E-state index contributed by atoms with van der Waals surface area (Å²) in [4.78, 5) is 0. The minimum atomic E-state index is -7.97. The van der Waals surface area contributed by atoms with E-state index < -0.39 is 59.6 Å². The van der Waals surface area contributed by atoms with Crippen molar-refractivity contribution >= 4 is 0 Å². The van der Waals surface area contributed by atoms with Crippen LogP contribution in [0.2, 0.25) is 0 Å². The van der Waals surface area contributed by atoms with E-state index in [0.717, 1.165) is 18.2 Å². The highest BCUT2D eigenvalue weighted by molar-refractivity contribution is 5.35. The maximum atomic E-state index is 13.9. The minimum Gasteiger partial charge on any atom is -0.493 e. The molecule has 31 heavy (non-hydrogen) atoms. The second-order valence-electron chi connectivity index (χ2n) is 6.19. The Balaban J connectivity index is 3.37. The van der Waals surface area contributed by atoms with Crippen molar-refractivity contribution in [1.29, 1.82) is 0 Å². The van der Waals surface area contributed by atoms with E-state index >= 15 is 0 Å². The molecule has 1 unspecified atom stereocenters. The molecule has 1 rings (SSSR count). The molecule has 2 nitrogen and oxygen atoms in total. The molecular formula is C16H13F13O2. The monoisotopic (exact) mass is 484 g/mol. The largest absolute Gasteiger partial charge is 0.493 e. The fourth-order valence-electron chi connectivity index (χ4n) is 2.33. The van der Waals surface area contributed by atoms with Crippen molar-refractivity contribution in [2.75, 3.05) is 6.61 Å². The zero-order valence-corrected chi connectivity index (χ0v) is 15.1. The maximum Gasteiger partial charge on any atom is 0.460 e. The molecule has 0 saturated heterocycles. The van der Waals surface area contributed by atoms with Crippen LogP contribution in [0.25, 0.3) is 0 Å². The number of hydrogen-bond acceptors (Lipinski definition) is 2. The fraction of sp³-hybridized carbons (Fsp3) is 0.625. The van der Waals surface area contributed by atoms with Crippen LogP contribution in [0.4, 0.5) is 57.1 Å². The first kappa shape index (κ1) is 27.1. The van der Waals surface area contributed by atoms with E-state index in [4.69, 9.17) is 4.74 Å². The van der Waals surface area contributed by atoms with Crippen LogP contribution in [0.1, 0.15) is 25.0 Å². The van der Waals surface area contributed by atoms with Crippen molar-refractivity contribution in [2.45, 2.75) is 55.2 Å². The first-order valence-electron chi connectivity index (χ1n) is 8.04. The number of para-hydroxylation sites is 1. The van der Waals surface area contributed by atoms with Crippen LogP contribution in [-0.2, 0) is 0 Å². The SMILES string of the molecule is CCOc1ccccc1C(O)CC(F)(F)C(F)(F)C(F)(F)C(F)(F)C(F)(F)C(F)(F)F. The van der Waals surface area contributed by atoms with Gasteiger partial charge >= 0.3 is 35.8 Å². The van der Waals surface area contributed by atoms with Crippen molar-refractivity contribution in [3.8, 4) is 5.75 Å². The van der Waals surface area contributed by atoms with Crippen LogP contribution in [0, 0.1) is 0 Å². The molecule has 1 aromatic rings. The molecule has 15 heteroatoms. The molecule has 0 spiro atoms. The number of ether oxygens (including phenoxy) is 1. The molecule has 1 atom stereocenters. The van der Waals surface area contributed by atoms with E-state index in [1.807, 2.05) is 0 Å². The van der Waals surface area contributed by atoms with Crippen LogP contribution >= 0.6 is 0 Å². The molecule has 0 aliphatic heterocycles. The topological polar surface area (TPSA) is 29.5 Å². The highest BCUT2D eigenvalue weighted by Crippen LogP contribution is 2.61. The van der Waals surface area contributed by atoms with E-state index in [-0.39, 0.29) is 6.61 Å². The maximum absolute atomic E-state index is 13.9. The molecule has 0 aliphatic rings. The van der Waals surface area contributed by atoms with E-state index in [2.05, 4.69) is 0 Å². The number of aliphatic hydroxyl groups is 1. The number of aliphatic hydroxyl groups excluding tert-OH is 1. The molecule has 180 valence electrons. The Morgan fingerprint density at radius 3 is 1.65 bits per heavy atom. The van der Waals surface area contributed by atoms with E-state index in [0.29, 0.717) is 0 Å². The van der Waals surface area contributed by atoms with Crippen molar-refractivity contribution in [1.82, 2.24) is 0 Å². The highest BCUT2D eigenvalue weighted by Gasteiger charge is 2.90. The third-order valence-corrected chi connectivity index (χ3v) is 4.03. The zero-order chi connectivity index (χ0) is 24.7. The Labute approximate surface area is 165 Å². The Morgan fingerprint density at radius 2 is 1.19 bits per heavy atom. The number of hydrogen-bond donors (Lipinski definition) is 1. The smallest absolute Gasteiger partial charge is 0.460 e. The number of benzene rings is 1. The lowest BCUT2D eigenvalue weighted by Gasteiger charge is -2.40. The molecule has 0 amide bonds. The van der Waals surface area contributed by atoms with Crippen LogP contribution in [0.3, 0.4) is 0 Å². The molecule has 1 aromatic carbocycles. The fourth-order valence-corrected chi connectivity index (χ4v) is 2.33. The lowest BCUT2D eigenvalue weighted by atomic mass is 9.90. The summed E-state index contributed by atoms with van der Waals surface area (Å²) in [6.07, 6.45) is -13.0. The van der Waals surface area contributed by atoms with Gasteiger partial charge in [-0.25, -0.2) is 0 Å². The molecular weight excluding hydrogens is 471 g/mol. The Hall–Kier alpha value is -1.93. The van der Waals surface area contributed by atoms with Gasteiger partial charge in [0.2, 0.25) is 0 Å². The second-order valence-corrected chi connectivity index (χ2v) is 6.19. The summed E-state index contributed by atoms with van der Waals surface area (Å²) in [5, 5.41) is 9.73. The molecule has 0 aliphatic carbocycles. The average Bonchev–Trinajstić information content (AvgIpc) is 2.60. The summed E-state index contributed by atoms with van der Waals surface area (Å²) in [6.45, 7) is 1.22. The van der Waals surface area contributed by atoms with Crippen LogP contribution in [0.5, 0.6) is 5.75 Å². The molecule has 0 aromatic heterocycles. The van der Waals surface area contributed by atoms with Crippen LogP contribution < -0.4 is 4.74 Å². The molecule has 0 bridgehead atoms. The van der Waals surface area contributed by atoms with Gasteiger partial charge in [-0.05, 0) is 13.0 Å². The van der Waals surface area contributed by atoms with Crippen LogP contribution in [-0.4, -0.2) is 47.5 Å². The van der Waals surface area contributed by atoms with Gasteiger partial charge < -0.3 is 9.84 Å². The third kappa shape index (κ3) is 4.37. The van der Waals surface area contributed by atoms with Crippen molar-refractivity contribution in [2.24, 2.45) is 0 Å². The summed E-state index contributed by atoms with van der Waals surface area (Å²) >= 11 is 0. The van der Waals surface area contributed by atoms with Crippen molar-refractivity contribution in [3.63, 3.8) is 0 Å². The third-order valence-electron chi connectivity index (χ3n) is 4.03. The van der Waals surface area contributed by atoms with Gasteiger partial charge in [0, 0.05) is 12.0 Å². The van der Waals surface area contributed by atoms with Gasteiger partial charge in [-0.15, -0.1) is 0 Å². The first-order chi connectivity index (χ1) is 13.7. The Kier molecular flexibility index (Phi) is 7.17. The van der Waals surface area contributed by atoms with Crippen LogP contribution in [0.15, 0.2) is 24.3 Å². The predicted octanol–water partition coefficient (Wildman–Crippen LogP) is 6.25. The Morgan fingerprint density at radius 1 is 0.742 bits per heavy atom. The van der Waals surface area contributed by atoms with Crippen molar-refractivity contribution in [3.05, 3.63) is 29.8 Å². The van der Waals surface area contributed by atoms with Gasteiger partial charge in [-0.2, -0.15) is 57.1 Å². The standard InChI is InChI=1S/C16H13F13O2/c1-2-31-10-6-4-3-5-8(10)9(30)7-11(17,18)12(19,20)13(21,22)14(23,24)15(25,26)16(27,28)29/h3-6,9,30H,2,7H2,1H3. The molecule has 0 saturated carbocycles. The Bertz CT molecular complexity index is 758. The molecule has 0 heterocycles. The van der Waals surface area contributed by atoms with Gasteiger partial charge in [0.15, 0.2) is 0 Å². The molecule has 1 N–H and O–H groups in total. The van der Waals surface area contributed by atoms with E-state index in [1.54, 1.807) is 0 Å². The summed E-state index contributed by atoms with van der Waals surface area (Å²) < 4.78 is 175. The van der Waals surface area contributed by atoms with Crippen molar-refractivity contribution < 1.29 is 66.9 Å². The average molecular weight is 484 g/mol. The van der Waals surface area contributed by atoms with Gasteiger partial charge in [-0.1, -0.05) is 18.2 Å². The van der Waals surface area contributed by atoms with E-state index in [9.17, 15) is 62.2 Å². The lowest BCUT2D eigenvalue weighted by Crippen LogP contribution is -2.70. The summed E-state index contributed by atoms with van der Waals surface area (Å²) in [6, 6.07) is 4.13. The molecule has 0 radical (unpaired) electrons. The minimum absolute atomic E-state index is 0.146. The number of rotatable bonds is 9. The lowest BCUT2D eigenvalue weighted by molar-refractivity contribution is -0.440. The second kappa shape index (κ2) is 8.20. The quantitative estimate of drug-likeness (QED) is 0.420. The highest BCUT2D eigenvalue weighted by atomic mass is 19.4. The molecule has 0 fully saturated rings. The van der Waals surface area contributed by atoms with E-state index in [1.165, 1.54) is 13.0 Å². The normalized spacial score (nSPS) is 15.7. The van der Waals surface area contributed by atoms with Gasteiger partial charge in [0.1, 0.15) is 5.75 Å². The van der Waals surface area contributed by atoms with Gasteiger partial charge in [0.05, 0.1) is 12.7 Å².